The lowest BCUT2D eigenvalue weighted by molar-refractivity contribution is -0.122. The number of carbonyl (C=O) groups is 1. The maximum atomic E-state index is 11.0. The Hall–Kier alpha value is -1.95. The average Bonchev–Trinajstić information content (AvgIpc) is 2.82. The van der Waals surface area contributed by atoms with Crippen LogP contribution in [0.5, 0.6) is 17.2 Å². The van der Waals surface area contributed by atoms with Gasteiger partial charge in [0.1, 0.15) is 5.75 Å². The highest BCUT2D eigenvalue weighted by Gasteiger charge is 2.19. The summed E-state index contributed by atoms with van der Waals surface area (Å²) in [6.07, 6.45) is 0. The van der Waals surface area contributed by atoms with E-state index in [4.69, 9.17) is 19.9 Å². The lowest BCUT2D eigenvalue weighted by atomic mass is 10.1. The van der Waals surface area contributed by atoms with Crippen molar-refractivity contribution in [3.63, 3.8) is 0 Å². The predicted molar refractivity (Wildman–Crippen MR) is 69.2 cm³/mol. The molecule has 6 nitrogen and oxygen atoms in total. The number of primary amides is 1. The van der Waals surface area contributed by atoms with Crippen LogP contribution in [0, 0.1) is 5.92 Å². The Morgan fingerprint density at radius 2 is 2.16 bits per heavy atom. The highest BCUT2D eigenvalue weighted by molar-refractivity contribution is 5.76. The quantitative estimate of drug-likeness (QED) is 0.789. The molecule has 1 atom stereocenters. The number of hydrogen-bond acceptors (Lipinski definition) is 5. The van der Waals surface area contributed by atoms with Gasteiger partial charge >= 0.3 is 0 Å². The number of ether oxygens (including phenoxy) is 3. The number of carbonyl (C=O) groups excluding carboxylic acids is 1. The SMILES string of the molecule is CNCc1cc2c(cc1OCC(C)C(N)=O)OCO2. The first-order valence-corrected chi connectivity index (χ1v) is 6.11. The molecule has 1 heterocycles. The molecule has 1 aromatic rings. The first-order chi connectivity index (χ1) is 9.11. The van der Waals surface area contributed by atoms with E-state index in [1.54, 1.807) is 13.0 Å². The van der Waals surface area contributed by atoms with E-state index >= 15 is 0 Å². The van der Waals surface area contributed by atoms with Gasteiger partial charge in [0.05, 0.1) is 12.5 Å². The number of benzene rings is 1. The van der Waals surface area contributed by atoms with E-state index < -0.39 is 0 Å². The minimum absolute atomic E-state index is 0.218. The predicted octanol–water partition coefficient (Wildman–Crippen LogP) is 0.635. The van der Waals surface area contributed by atoms with Gasteiger partial charge in [0.2, 0.25) is 12.7 Å². The number of hydrogen-bond donors (Lipinski definition) is 2. The molecular weight excluding hydrogens is 248 g/mol. The molecular formula is C13H18N2O4. The second kappa shape index (κ2) is 5.79. The Kier molecular flexibility index (Phi) is 4.11. The van der Waals surface area contributed by atoms with Crippen LogP contribution in [0.15, 0.2) is 12.1 Å². The third-order valence-corrected chi connectivity index (χ3v) is 2.90. The largest absolute Gasteiger partial charge is 0.492 e. The van der Waals surface area contributed by atoms with Gasteiger partial charge in [-0.3, -0.25) is 4.79 Å². The molecule has 0 radical (unpaired) electrons. The van der Waals surface area contributed by atoms with Crippen molar-refractivity contribution in [2.45, 2.75) is 13.5 Å². The summed E-state index contributed by atoms with van der Waals surface area (Å²) in [7, 11) is 1.85. The fraction of sp³-hybridized carbons (Fsp3) is 0.462. The number of fused-ring (bicyclic) bond motifs is 1. The smallest absolute Gasteiger partial charge is 0.231 e. The fourth-order valence-electron chi connectivity index (χ4n) is 1.73. The van der Waals surface area contributed by atoms with Gasteiger partial charge in [-0.25, -0.2) is 0 Å². The van der Waals surface area contributed by atoms with Crippen LogP contribution in [-0.2, 0) is 11.3 Å². The summed E-state index contributed by atoms with van der Waals surface area (Å²) in [6, 6.07) is 3.66. The summed E-state index contributed by atoms with van der Waals surface area (Å²) in [5, 5.41) is 3.06. The summed E-state index contributed by atoms with van der Waals surface area (Å²) >= 11 is 0. The van der Waals surface area contributed by atoms with E-state index in [-0.39, 0.29) is 25.2 Å². The average molecular weight is 266 g/mol. The first-order valence-electron chi connectivity index (χ1n) is 6.11. The zero-order valence-corrected chi connectivity index (χ0v) is 11.1. The Morgan fingerprint density at radius 3 is 2.79 bits per heavy atom. The van der Waals surface area contributed by atoms with E-state index in [0.717, 1.165) is 5.56 Å². The third kappa shape index (κ3) is 3.08. The molecule has 0 bridgehead atoms. The lowest BCUT2D eigenvalue weighted by Gasteiger charge is -2.14. The highest BCUT2D eigenvalue weighted by atomic mass is 16.7. The molecule has 1 amide bonds. The Labute approximate surface area is 111 Å². The van der Waals surface area contributed by atoms with Crippen molar-refractivity contribution in [1.82, 2.24) is 5.32 Å². The molecule has 0 aliphatic carbocycles. The van der Waals surface area contributed by atoms with E-state index in [2.05, 4.69) is 5.32 Å². The van der Waals surface area contributed by atoms with Crippen LogP contribution in [-0.4, -0.2) is 26.4 Å². The molecule has 3 N–H and O–H groups in total. The van der Waals surface area contributed by atoms with Crippen molar-refractivity contribution in [2.75, 3.05) is 20.4 Å². The molecule has 104 valence electrons. The normalized spacial score (nSPS) is 14.2. The minimum atomic E-state index is -0.379. The Balaban J connectivity index is 2.15. The van der Waals surface area contributed by atoms with Crippen molar-refractivity contribution < 1.29 is 19.0 Å². The van der Waals surface area contributed by atoms with Crippen LogP contribution in [0.3, 0.4) is 0 Å². The van der Waals surface area contributed by atoms with E-state index in [0.29, 0.717) is 23.8 Å². The molecule has 6 heteroatoms. The summed E-state index contributed by atoms with van der Waals surface area (Å²) in [5.41, 5.74) is 6.16. The number of amides is 1. The van der Waals surface area contributed by atoms with Crippen LogP contribution in [0.2, 0.25) is 0 Å². The number of rotatable bonds is 6. The zero-order chi connectivity index (χ0) is 13.8. The van der Waals surface area contributed by atoms with Gasteiger partial charge in [-0.05, 0) is 13.1 Å². The van der Waals surface area contributed by atoms with Crippen LogP contribution in [0.25, 0.3) is 0 Å². The Bertz CT molecular complexity index is 476. The van der Waals surface area contributed by atoms with Crippen molar-refractivity contribution in [2.24, 2.45) is 11.7 Å². The zero-order valence-electron chi connectivity index (χ0n) is 11.1. The molecule has 1 aliphatic heterocycles. The number of nitrogens with two attached hydrogens (primary N) is 1. The second-order valence-electron chi connectivity index (χ2n) is 4.46. The topological polar surface area (TPSA) is 82.8 Å². The molecule has 1 aromatic carbocycles. The van der Waals surface area contributed by atoms with Gasteiger partial charge < -0.3 is 25.3 Å². The van der Waals surface area contributed by atoms with Gasteiger partial charge in [0, 0.05) is 18.2 Å². The standard InChI is InChI=1S/C13H18N2O4/c1-8(13(14)16)6-17-10-4-12-11(18-7-19-12)3-9(10)5-15-2/h3-4,8,15H,5-7H2,1-2H3,(H2,14,16). The summed E-state index contributed by atoms with van der Waals surface area (Å²) in [4.78, 5) is 11.0. The van der Waals surface area contributed by atoms with Gasteiger partial charge in [-0.15, -0.1) is 0 Å². The lowest BCUT2D eigenvalue weighted by Crippen LogP contribution is -2.26. The van der Waals surface area contributed by atoms with E-state index in [1.807, 2.05) is 13.1 Å². The van der Waals surface area contributed by atoms with Crippen LogP contribution < -0.4 is 25.3 Å². The Morgan fingerprint density at radius 1 is 1.47 bits per heavy atom. The van der Waals surface area contributed by atoms with E-state index in [9.17, 15) is 4.79 Å². The second-order valence-corrected chi connectivity index (χ2v) is 4.46. The fourth-order valence-corrected chi connectivity index (χ4v) is 1.73. The van der Waals surface area contributed by atoms with Gasteiger partial charge in [0.15, 0.2) is 11.5 Å². The minimum Gasteiger partial charge on any atom is -0.492 e. The first kappa shape index (κ1) is 13.5. The molecule has 0 aromatic heterocycles. The molecule has 0 saturated heterocycles. The van der Waals surface area contributed by atoms with Crippen LogP contribution in [0.4, 0.5) is 0 Å². The molecule has 1 aliphatic rings. The summed E-state index contributed by atoms with van der Waals surface area (Å²) in [5.74, 6) is 1.32. The van der Waals surface area contributed by atoms with Gasteiger partial charge in [0.25, 0.3) is 0 Å². The van der Waals surface area contributed by atoms with Crippen molar-refractivity contribution in [3.8, 4) is 17.2 Å². The van der Waals surface area contributed by atoms with Crippen LogP contribution in [0.1, 0.15) is 12.5 Å². The maximum Gasteiger partial charge on any atom is 0.231 e. The molecule has 19 heavy (non-hydrogen) atoms. The van der Waals surface area contributed by atoms with Gasteiger partial charge in [-0.2, -0.15) is 0 Å². The molecule has 0 spiro atoms. The van der Waals surface area contributed by atoms with Crippen molar-refractivity contribution >= 4 is 5.91 Å². The van der Waals surface area contributed by atoms with Crippen molar-refractivity contribution in [1.29, 1.82) is 0 Å². The third-order valence-electron chi connectivity index (χ3n) is 2.90. The molecule has 2 rings (SSSR count). The molecule has 0 saturated carbocycles. The molecule has 1 unspecified atom stereocenters. The van der Waals surface area contributed by atoms with E-state index in [1.165, 1.54) is 0 Å². The number of nitrogens with one attached hydrogen (secondary N) is 1. The van der Waals surface area contributed by atoms with Crippen LogP contribution >= 0.6 is 0 Å². The molecule has 0 fully saturated rings. The maximum absolute atomic E-state index is 11.0. The summed E-state index contributed by atoms with van der Waals surface area (Å²) in [6.45, 7) is 2.82. The summed E-state index contributed by atoms with van der Waals surface area (Å²) < 4.78 is 16.3. The monoisotopic (exact) mass is 266 g/mol. The van der Waals surface area contributed by atoms with Gasteiger partial charge in [-0.1, -0.05) is 6.92 Å². The highest BCUT2D eigenvalue weighted by Crippen LogP contribution is 2.38. The van der Waals surface area contributed by atoms with Crippen molar-refractivity contribution in [3.05, 3.63) is 17.7 Å².